The molecule has 1 nitrogen and oxygen atoms in total. The van der Waals surface area contributed by atoms with E-state index in [4.69, 9.17) is 17.3 Å². The van der Waals surface area contributed by atoms with Gasteiger partial charge in [0.25, 0.3) is 0 Å². The van der Waals surface area contributed by atoms with E-state index in [-0.39, 0.29) is 6.04 Å². The van der Waals surface area contributed by atoms with Crippen molar-refractivity contribution in [3.63, 3.8) is 0 Å². The Balaban J connectivity index is 2.91. The normalized spacial score (nSPS) is 13.9. The second kappa shape index (κ2) is 5.06. The van der Waals surface area contributed by atoms with Crippen molar-refractivity contribution >= 4 is 11.6 Å². The van der Waals surface area contributed by atoms with Crippen molar-refractivity contribution in [2.24, 2.45) is 5.73 Å². The van der Waals surface area contributed by atoms with Gasteiger partial charge < -0.3 is 5.73 Å². The van der Waals surface area contributed by atoms with Crippen molar-refractivity contribution in [1.82, 2.24) is 0 Å². The Labute approximate surface area is 97.4 Å². The molecule has 16 heavy (non-hydrogen) atoms. The van der Waals surface area contributed by atoms with Crippen LogP contribution in [0.5, 0.6) is 0 Å². The van der Waals surface area contributed by atoms with Gasteiger partial charge in [0, 0.05) is 11.1 Å². The average Bonchev–Trinajstić information content (AvgIpc) is 2.14. The predicted molar refractivity (Wildman–Crippen MR) is 58.4 cm³/mol. The lowest BCUT2D eigenvalue weighted by Crippen LogP contribution is -2.15. The number of hydrogen-bond donors (Lipinski definition) is 1. The highest BCUT2D eigenvalue weighted by Crippen LogP contribution is 2.32. The molecule has 0 unspecified atom stereocenters. The quantitative estimate of drug-likeness (QED) is 0.872. The van der Waals surface area contributed by atoms with Crippen LogP contribution in [0.25, 0.3) is 0 Å². The third-order valence-corrected chi connectivity index (χ3v) is 2.61. The fraction of sp³-hybridized carbons (Fsp3) is 0.455. The highest BCUT2D eigenvalue weighted by molar-refractivity contribution is 6.31. The number of alkyl halides is 3. The van der Waals surface area contributed by atoms with E-state index in [1.165, 1.54) is 6.07 Å². The Morgan fingerprint density at radius 3 is 2.50 bits per heavy atom. The van der Waals surface area contributed by atoms with E-state index >= 15 is 0 Å². The molecule has 0 heterocycles. The average molecular weight is 252 g/mol. The molecule has 0 spiro atoms. The molecule has 5 heteroatoms. The van der Waals surface area contributed by atoms with Gasteiger partial charge in [-0.1, -0.05) is 11.6 Å². The third kappa shape index (κ3) is 3.68. The Bertz CT molecular complexity index is 361. The van der Waals surface area contributed by atoms with Crippen LogP contribution in [0.2, 0.25) is 5.02 Å². The second-order valence-corrected chi connectivity index (χ2v) is 4.23. The molecule has 90 valence electrons. The fourth-order valence-corrected chi connectivity index (χ4v) is 1.54. The predicted octanol–water partition coefficient (Wildman–Crippen LogP) is 3.64. The molecule has 1 aromatic rings. The summed E-state index contributed by atoms with van der Waals surface area (Å²) in [6.07, 6.45) is -3.25. The first-order valence-corrected chi connectivity index (χ1v) is 5.29. The van der Waals surface area contributed by atoms with Crippen molar-refractivity contribution in [3.8, 4) is 0 Å². The number of rotatable bonds is 3. The van der Waals surface area contributed by atoms with Gasteiger partial charge >= 0.3 is 6.18 Å². The number of nitrogens with two attached hydrogens (primary N) is 1. The van der Waals surface area contributed by atoms with Crippen LogP contribution in [0.15, 0.2) is 18.2 Å². The summed E-state index contributed by atoms with van der Waals surface area (Å²) in [7, 11) is 0. The van der Waals surface area contributed by atoms with Gasteiger partial charge in [-0.2, -0.15) is 13.2 Å². The lowest BCUT2D eigenvalue weighted by molar-refractivity contribution is -0.137. The minimum absolute atomic E-state index is 0.0504. The maximum absolute atomic E-state index is 12.4. The first-order valence-electron chi connectivity index (χ1n) is 4.92. The van der Waals surface area contributed by atoms with E-state index < -0.39 is 11.7 Å². The highest BCUT2D eigenvalue weighted by atomic mass is 35.5. The fourth-order valence-electron chi connectivity index (χ4n) is 1.33. The zero-order valence-corrected chi connectivity index (χ0v) is 9.57. The van der Waals surface area contributed by atoms with Crippen molar-refractivity contribution in [2.75, 3.05) is 0 Å². The van der Waals surface area contributed by atoms with E-state index in [1.807, 2.05) is 6.92 Å². The van der Waals surface area contributed by atoms with Gasteiger partial charge in [0.2, 0.25) is 0 Å². The van der Waals surface area contributed by atoms with Gasteiger partial charge in [-0.15, -0.1) is 0 Å². The van der Waals surface area contributed by atoms with Crippen LogP contribution in [0.3, 0.4) is 0 Å². The van der Waals surface area contributed by atoms with Gasteiger partial charge in [-0.25, -0.2) is 0 Å². The summed E-state index contributed by atoms with van der Waals surface area (Å²) in [5, 5.41) is 0.355. The molecule has 0 aliphatic carbocycles. The molecule has 0 fully saturated rings. The van der Waals surface area contributed by atoms with Crippen molar-refractivity contribution < 1.29 is 13.2 Å². The minimum Gasteiger partial charge on any atom is -0.328 e. The number of benzene rings is 1. The van der Waals surface area contributed by atoms with Crippen LogP contribution < -0.4 is 5.73 Å². The molecular formula is C11H13ClF3N. The summed E-state index contributed by atoms with van der Waals surface area (Å²) in [6, 6.07) is 3.30. The van der Waals surface area contributed by atoms with E-state index in [9.17, 15) is 13.2 Å². The van der Waals surface area contributed by atoms with Gasteiger partial charge in [-0.05, 0) is 43.5 Å². The smallest absolute Gasteiger partial charge is 0.328 e. The lowest BCUT2D eigenvalue weighted by Gasteiger charge is -2.11. The molecule has 0 aromatic heterocycles. The van der Waals surface area contributed by atoms with Crippen LogP contribution in [-0.2, 0) is 12.6 Å². The molecule has 0 radical (unpaired) electrons. The molecule has 0 amide bonds. The Kier molecular flexibility index (Phi) is 4.21. The Morgan fingerprint density at radius 2 is 2.00 bits per heavy atom. The van der Waals surface area contributed by atoms with E-state index in [1.54, 1.807) is 0 Å². The third-order valence-electron chi connectivity index (χ3n) is 2.24. The van der Waals surface area contributed by atoms with Gasteiger partial charge in [-0.3, -0.25) is 0 Å². The van der Waals surface area contributed by atoms with Crippen LogP contribution in [-0.4, -0.2) is 6.04 Å². The van der Waals surface area contributed by atoms with Crippen LogP contribution in [0, 0.1) is 0 Å². The molecule has 0 saturated carbocycles. The summed E-state index contributed by atoms with van der Waals surface area (Å²) < 4.78 is 37.3. The SMILES string of the molecule is C[C@H](N)CCc1cc(C(F)(F)F)ccc1Cl. The maximum Gasteiger partial charge on any atom is 0.416 e. The van der Waals surface area contributed by atoms with Crippen molar-refractivity contribution in [1.29, 1.82) is 0 Å². The number of aryl methyl sites for hydroxylation is 1. The zero-order valence-electron chi connectivity index (χ0n) is 8.81. The largest absolute Gasteiger partial charge is 0.416 e. The Hall–Kier alpha value is -0.740. The summed E-state index contributed by atoms with van der Waals surface area (Å²) in [6.45, 7) is 1.81. The minimum atomic E-state index is -4.33. The van der Waals surface area contributed by atoms with Gasteiger partial charge in [0.1, 0.15) is 0 Å². The molecule has 1 aromatic carbocycles. The number of halogens is 4. The zero-order chi connectivity index (χ0) is 12.3. The summed E-state index contributed by atoms with van der Waals surface area (Å²) in [4.78, 5) is 0. The molecule has 0 bridgehead atoms. The molecule has 1 atom stereocenters. The van der Waals surface area contributed by atoms with E-state index in [0.29, 0.717) is 23.4 Å². The second-order valence-electron chi connectivity index (χ2n) is 3.82. The standard InChI is InChI=1S/C11H13ClF3N/c1-7(16)2-3-8-6-9(11(13,14)15)4-5-10(8)12/h4-7H,2-3,16H2,1H3/t7-/m0/s1. The molecular weight excluding hydrogens is 239 g/mol. The summed E-state index contributed by atoms with van der Waals surface area (Å²) in [5.41, 5.74) is 5.37. The van der Waals surface area contributed by atoms with Crippen molar-refractivity contribution in [2.45, 2.75) is 32.0 Å². The van der Waals surface area contributed by atoms with E-state index in [2.05, 4.69) is 0 Å². The van der Waals surface area contributed by atoms with Gasteiger partial charge in [0.05, 0.1) is 5.56 Å². The monoisotopic (exact) mass is 251 g/mol. The Morgan fingerprint density at radius 1 is 1.38 bits per heavy atom. The van der Waals surface area contributed by atoms with Crippen molar-refractivity contribution in [3.05, 3.63) is 34.3 Å². The van der Waals surface area contributed by atoms with Crippen LogP contribution in [0.4, 0.5) is 13.2 Å². The molecule has 0 aliphatic heterocycles. The molecule has 0 aliphatic rings. The molecule has 0 saturated heterocycles. The topological polar surface area (TPSA) is 26.0 Å². The lowest BCUT2D eigenvalue weighted by atomic mass is 10.0. The van der Waals surface area contributed by atoms with Crippen LogP contribution in [0.1, 0.15) is 24.5 Å². The molecule has 2 N–H and O–H groups in total. The van der Waals surface area contributed by atoms with Gasteiger partial charge in [0.15, 0.2) is 0 Å². The first kappa shape index (κ1) is 13.3. The van der Waals surface area contributed by atoms with E-state index in [0.717, 1.165) is 12.1 Å². The number of hydrogen-bond acceptors (Lipinski definition) is 1. The highest BCUT2D eigenvalue weighted by Gasteiger charge is 2.30. The summed E-state index contributed by atoms with van der Waals surface area (Å²) in [5.74, 6) is 0. The summed E-state index contributed by atoms with van der Waals surface area (Å²) >= 11 is 5.82. The first-order chi connectivity index (χ1) is 7.30. The maximum atomic E-state index is 12.4. The molecule has 1 rings (SSSR count). The van der Waals surface area contributed by atoms with Crippen LogP contribution >= 0.6 is 11.6 Å².